The number of halogens is 1. The van der Waals surface area contributed by atoms with Crippen molar-refractivity contribution in [3.63, 3.8) is 0 Å². The first-order valence-electron chi connectivity index (χ1n) is 8.25. The van der Waals surface area contributed by atoms with E-state index in [1.54, 1.807) is 6.92 Å². The monoisotopic (exact) mass is 328 g/mol. The van der Waals surface area contributed by atoms with Crippen molar-refractivity contribution in [3.8, 4) is 0 Å². The minimum atomic E-state index is -1.02. The van der Waals surface area contributed by atoms with E-state index in [0.717, 1.165) is 30.4 Å². The summed E-state index contributed by atoms with van der Waals surface area (Å²) >= 11 is 0. The van der Waals surface area contributed by atoms with Crippen molar-refractivity contribution < 1.29 is 14.3 Å². The Morgan fingerprint density at radius 3 is 2.25 bits per heavy atom. The van der Waals surface area contributed by atoms with Crippen LogP contribution in [0.4, 0.5) is 4.39 Å². The molecule has 1 N–H and O–H groups in total. The molecule has 24 heavy (non-hydrogen) atoms. The summed E-state index contributed by atoms with van der Waals surface area (Å²) in [4.78, 5) is 10.9. The van der Waals surface area contributed by atoms with Crippen LogP contribution in [0.2, 0.25) is 0 Å². The molecule has 0 aromatic heterocycles. The van der Waals surface area contributed by atoms with Crippen LogP contribution < -0.4 is 0 Å². The smallest absolute Gasteiger partial charge is 0.335 e. The Balaban J connectivity index is 2.41. The molecule has 1 aliphatic rings. The summed E-state index contributed by atoms with van der Waals surface area (Å²) in [5, 5.41) is 8.94. The molecule has 0 aliphatic heterocycles. The number of benzene rings is 1. The van der Waals surface area contributed by atoms with Crippen LogP contribution in [0.25, 0.3) is 5.83 Å². The number of carboxylic acid groups (broad SMARTS) is 1. The van der Waals surface area contributed by atoms with E-state index in [1.165, 1.54) is 29.8 Å². The van der Waals surface area contributed by atoms with E-state index in [9.17, 15) is 9.18 Å². The van der Waals surface area contributed by atoms with Gasteiger partial charge in [0.15, 0.2) is 0 Å². The van der Waals surface area contributed by atoms with Gasteiger partial charge in [0.1, 0.15) is 5.83 Å². The number of carboxylic acids is 1. The molecule has 0 spiro atoms. The van der Waals surface area contributed by atoms with Crippen LogP contribution in [0, 0.1) is 5.41 Å². The molecule has 2 rings (SSSR count). The molecule has 1 aromatic carbocycles. The molecular weight excluding hydrogens is 303 g/mol. The molecule has 0 bridgehead atoms. The molecule has 0 amide bonds. The molecule has 0 saturated heterocycles. The van der Waals surface area contributed by atoms with Crippen LogP contribution in [0.1, 0.15) is 62.9 Å². The first-order chi connectivity index (χ1) is 11.1. The fourth-order valence-corrected chi connectivity index (χ4v) is 3.58. The first kappa shape index (κ1) is 18.2. The van der Waals surface area contributed by atoms with Gasteiger partial charge in [0, 0.05) is 5.56 Å². The number of aromatic carboxylic acids is 1. The van der Waals surface area contributed by atoms with E-state index >= 15 is 0 Å². The van der Waals surface area contributed by atoms with Crippen LogP contribution >= 0.6 is 0 Å². The lowest BCUT2D eigenvalue weighted by molar-refractivity contribution is 0.0697. The van der Waals surface area contributed by atoms with Gasteiger partial charge in [0.25, 0.3) is 0 Å². The Hall–Kier alpha value is -2.16. The van der Waals surface area contributed by atoms with E-state index in [-0.39, 0.29) is 16.8 Å². The van der Waals surface area contributed by atoms with Crippen LogP contribution in [-0.2, 0) is 0 Å². The first-order valence-corrected chi connectivity index (χ1v) is 8.25. The number of hydrogen-bond acceptors (Lipinski definition) is 1. The molecule has 2 nitrogen and oxygen atoms in total. The molecule has 0 unspecified atom stereocenters. The van der Waals surface area contributed by atoms with Gasteiger partial charge in [-0.1, -0.05) is 38.1 Å². The second-order valence-electron chi connectivity index (χ2n) is 7.19. The van der Waals surface area contributed by atoms with Crippen molar-refractivity contribution in [1.29, 1.82) is 0 Å². The zero-order valence-electron chi connectivity index (χ0n) is 14.9. The fourth-order valence-electron chi connectivity index (χ4n) is 3.58. The summed E-state index contributed by atoms with van der Waals surface area (Å²) in [7, 11) is 0. The molecule has 0 atom stereocenters. The van der Waals surface area contributed by atoms with Gasteiger partial charge in [-0.3, -0.25) is 0 Å². The SMILES string of the molecule is C=C(C1=C(C)CCCC1(C)C)/C(C)=C(\F)c1ccc(C(=O)O)cc1. The van der Waals surface area contributed by atoms with Crippen LogP contribution in [0.3, 0.4) is 0 Å². The lowest BCUT2D eigenvalue weighted by Crippen LogP contribution is -2.22. The fraction of sp³-hybridized carbons (Fsp3) is 0.381. The number of rotatable bonds is 4. The summed E-state index contributed by atoms with van der Waals surface area (Å²) in [6.07, 6.45) is 3.25. The van der Waals surface area contributed by atoms with Crippen molar-refractivity contribution in [2.45, 2.75) is 47.0 Å². The maximum atomic E-state index is 14.9. The van der Waals surface area contributed by atoms with Gasteiger partial charge in [0.05, 0.1) is 5.56 Å². The number of hydrogen-bond donors (Lipinski definition) is 1. The number of allylic oxidation sites excluding steroid dienone is 4. The third-order valence-corrected chi connectivity index (χ3v) is 4.93. The van der Waals surface area contributed by atoms with Crippen LogP contribution in [0.5, 0.6) is 0 Å². The van der Waals surface area contributed by atoms with Crippen molar-refractivity contribution in [2.75, 3.05) is 0 Å². The van der Waals surface area contributed by atoms with Crippen molar-refractivity contribution >= 4 is 11.8 Å². The zero-order chi connectivity index (χ0) is 18.1. The maximum Gasteiger partial charge on any atom is 0.335 e. The van der Waals surface area contributed by atoms with E-state index in [2.05, 4.69) is 27.4 Å². The predicted molar refractivity (Wildman–Crippen MR) is 96.6 cm³/mol. The van der Waals surface area contributed by atoms with E-state index in [4.69, 9.17) is 5.11 Å². The van der Waals surface area contributed by atoms with E-state index < -0.39 is 5.97 Å². The van der Waals surface area contributed by atoms with Gasteiger partial charge in [-0.25, -0.2) is 9.18 Å². The third kappa shape index (κ3) is 3.50. The normalized spacial score (nSPS) is 18.2. The van der Waals surface area contributed by atoms with Crippen molar-refractivity contribution in [2.24, 2.45) is 5.41 Å². The minimum Gasteiger partial charge on any atom is -0.478 e. The van der Waals surface area contributed by atoms with Gasteiger partial charge in [-0.05, 0) is 67.4 Å². The average Bonchev–Trinajstić information content (AvgIpc) is 2.52. The summed E-state index contributed by atoms with van der Waals surface area (Å²) in [5.41, 5.74) is 4.22. The molecule has 1 aromatic rings. The Kier molecular flexibility index (Phi) is 5.12. The van der Waals surface area contributed by atoms with E-state index in [0.29, 0.717) is 11.1 Å². The standard InChI is InChI=1S/C21H25FO2/c1-13-7-6-12-21(4,5)18(13)14(2)15(3)19(22)16-8-10-17(11-9-16)20(23)24/h8-11H,2,6-7,12H2,1,3-5H3,(H,23,24)/b19-15-. The summed E-state index contributed by atoms with van der Waals surface area (Å²) in [6.45, 7) is 12.4. The molecular formula is C21H25FO2. The second-order valence-corrected chi connectivity index (χ2v) is 7.19. The lowest BCUT2D eigenvalue weighted by Gasteiger charge is -2.36. The van der Waals surface area contributed by atoms with Crippen molar-refractivity contribution in [3.05, 3.63) is 64.3 Å². The van der Waals surface area contributed by atoms with Gasteiger partial charge in [0.2, 0.25) is 0 Å². The van der Waals surface area contributed by atoms with Gasteiger partial charge < -0.3 is 5.11 Å². The topological polar surface area (TPSA) is 37.3 Å². The van der Waals surface area contributed by atoms with E-state index in [1.807, 2.05) is 0 Å². The summed E-state index contributed by atoms with van der Waals surface area (Å²) in [6, 6.07) is 5.84. The average molecular weight is 328 g/mol. The third-order valence-electron chi connectivity index (χ3n) is 4.93. The van der Waals surface area contributed by atoms with Gasteiger partial charge >= 0.3 is 5.97 Å². The Labute approximate surface area is 143 Å². The molecule has 0 saturated carbocycles. The largest absolute Gasteiger partial charge is 0.478 e. The van der Waals surface area contributed by atoms with Crippen molar-refractivity contribution in [1.82, 2.24) is 0 Å². The predicted octanol–water partition coefficient (Wildman–Crippen LogP) is 6.17. The highest BCUT2D eigenvalue weighted by molar-refractivity contribution is 5.88. The van der Waals surface area contributed by atoms with Gasteiger partial charge in [-0.2, -0.15) is 0 Å². The molecule has 0 radical (unpaired) electrons. The highest BCUT2D eigenvalue weighted by Gasteiger charge is 2.31. The van der Waals surface area contributed by atoms with Crippen LogP contribution in [-0.4, -0.2) is 11.1 Å². The Bertz CT molecular complexity index is 734. The second kappa shape index (κ2) is 6.76. The molecule has 0 heterocycles. The number of carbonyl (C=O) groups is 1. The van der Waals surface area contributed by atoms with Crippen LogP contribution in [0.15, 0.2) is 53.1 Å². The highest BCUT2D eigenvalue weighted by atomic mass is 19.1. The molecule has 128 valence electrons. The summed E-state index contributed by atoms with van der Waals surface area (Å²) < 4.78 is 14.9. The Morgan fingerprint density at radius 1 is 1.21 bits per heavy atom. The zero-order valence-corrected chi connectivity index (χ0v) is 14.9. The molecule has 3 heteroatoms. The Morgan fingerprint density at radius 2 is 1.75 bits per heavy atom. The lowest BCUT2D eigenvalue weighted by atomic mass is 9.69. The molecule has 0 fully saturated rings. The quantitative estimate of drug-likeness (QED) is 0.671. The van der Waals surface area contributed by atoms with Gasteiger partial charge in [-0.15, -0.1) is 0 Å². The molecule has 1 aliphatic carbocycles. The highest BCUT2D eigenvalue weighted by Crippen LogP contribution is 2.45. The minimum absolute atomic E-state index is 0.00583. The summed E-state index contributed by atoms with van der Waals surface area (Å²) in [5.74, 6) is -1.37. The maximum absolute atomic E-state index is 14.9.